The van der Waals surface area contributed by atoms with Crippen molar-refractivity contribution < 1.29 is 53.4 Å². The van der Waals surface area contributed by atoms with Crippen molar-refractivity contribution in [1.29, 1.82) is 0 Å². The Morgan fingerprint density at radius 2 is 1.70 bits per heavy atom. The van der Waals surface area contributed by atoms with E-state index in [4.69, 9.17) is 30.4 Å². The predicted octanol–water partition coefficient (Wildman–Crippen LogP) is 6.44. The summed E-state index contributed by atoms with van der Waals surface area (Å²) < 4.78 is 24.1. The number of fused-ring (bicyclic) bond motifs is 3. The highest BCUT2D eigenvalue weighted by Gasteiger charge is 2.55. The number of rotatable bonds is 6. The van der Waals surface area contributed by atoms with Crippen LogP contribution in [-0.2, 0) is 38.1 Å². The van der Waals surface area contributed by atoms with Crippen LogP contribution in [0.5, 0.6) is 0 Å². The number of allylic oxidation sites excluding steroid dienone is 6. The van der Waals surface area contributed by atoms with Gasteiger partial charge in [-0.05, 0) is 132 Å². The van der Waals surface area contributed by atoms with Crippen molar-refractivity contribution in [3.8, 4) is 0 Å². The molecule has 7 N–H and O–H groups in total. The van der Waals surface area contributed by atoms with Gasteiger partial charge >= 0.3 is 5.97 Å². The number of nitrogen functional groups attached to an aromatic ring is 1. The van der Waals surface area contributed by atoms with Gasteiger partial charge in [-0.25, -0.2) is 9.78 Å². The fourth-order valence-corrected chi connectivity index (χ4v) is 11.0. The highest BCUT2D eigenvalue weighted by molar-refractivity contribution is 6.39. The number of amides is 1. The third kappa shape index (κ3) is 14.5. The first-order valence-electron chi connectivity index (χ1n) is 25.4. The van der Waals surface area contributed by atoms with E-state index < -0.39 is 77.9 Å². The van der Waals surface area contributed by atoms with Crippen molar-refractivity contribution in [3.63, 3.8) is 0 Å². The van der Waals surface area contributed by atoms with Gasteiger partial charge in [-0.3, -0.25) is 14.4 Å². The monoisotopic (exact) mass is 963 g/mol. The summed E-state index contributed by atoms with van der Waals surface area (Å²) in [6.07, 6.45) is 15.1. The lowest BCUT2D eigenvalue weighted by atomic mass is 9.76. The summed E-state index contributed by atoms with van der Waals surface area (Å²) in [5.74, 6) is -6.65. The predicted molar refractivity (Wildman–Crippen MR) is 264 cm³/mol. The van der Waals surface area contributed by atoms with E-state index in [2.05, 4.69) is 4.98 Å². The molecule has 69 heavy (non-hydrogen) atoms. The summed E-state index contributed by atoms with van der Waals surface area (Å²) in [4.78, 5) is 62.8. The van der Waals surface area contributed by atoms with Gasteiger partial charge in [-0.1, -0.05) is 75.8 Å². The number of hydrogen-bond donors (Lipinski definition) is 5. The topological polar surface area (TPSA) is 234 Å². The van der Waals surface area contributed by atoms with Gasteiger partial charge in [0, 0.05) is 50.8 Å². The van der Waals surface area contributed by atoms with E-state index in [1.807, 2.05) is 64.1 Å². The molecule has 0 aromatic carbocycles. The molecular formula is C54H82N4O11. The summed E-state index contributed by atoms with van der Waals surface area (Å²) in [5, 5.41) is 34.3. The van der Waals surface area contributed by atoms with Crippen molar-refractivity contribution in [2.24, 2.45) is 35.3 Å². The van der Waals surface area contributed by atoms with E-state index in [0.29, 0.717) is 75.6 Å². The molecule has 1 aromatic rings. The summed E-state index contributed by atoms with van der Waals surface area (Å²) in [6.45, 7) is 11.4. The van der Waals surface area contributed by atoms with Crippen molar-refractivity contribution in [2.45, 2.75) is 185 Å². The van der Waals surface area contributed by atoms with Crippen molar-refractivity contribution in [1.82, 2.24) is 9.88 Å². The maximum absolute atomic E-state index is 14.5. The first-order valence-corrected chi connectivity index (χ1v) is 25.4. The molecule has 0 radical (unpaired) electrons. The standard InChI is InChI=1S/C54H82N4O11/c1-32-15-10-9-11-16-33(2)27-35(4)47(60)49(67-8)48(61)36(5)29-39(55)21-24-44(34(3)28-38-20-22-43(59)46(31-38)66-7)68-53(64)42-18-12-13-26-58(42)52(63)50(62)54(65)37(6)30-41(45(69-54)23-19-32)40-17-14-25-57-51(40)56/h9-11,14-17,25,29,33-35,37-39,41-46,48-49,59,61,65H,12-13,18-24,26-28,30-31,55H2,1-8H3,(H2,56,57)/b10-9+,16-11+,32-15+,36-29+/t33-,34-,35-,37-,38?,39+,41?,42?,43-,44+,45-,46-,48-,49+,54-/m1/s1. The number of ketones is 2. The first kappa shape index (κ1) is 55.8. The minimum Gasteiger partial charge on any atom is -0.461 e. The summed E-state index contributed by atoms with van der Waals surface area (Å²) in [5.41, 5.74) is 15.3. The number of methoxy groups -OCH3 is 2. The lowest BCUT2D eigenvalue weighted by Crippen LogP contribution is -2.61. The van der Waals surface area contributed by atoms with Crippen molar-refractivity contribution in [3.05, 3.63) is 71.5 Å². The second kappa shape index (κ2) is 25.9. The molecule has 1 aromatic heterocycles. The van der Waals surface area contributed by atoms with E-state index in [-0.39, 0.29) is 54.9 Å². The van der Waals surface area contributed by atoms with E-state index in [0.717, 1.165) is 17.6 Å². The van der Waals surface area contributed by atoms with Crippen LogP contribution in [0.3, 0.4) is 0 Å². The average molecular weight is 963 g/mol. The molecule has 4 aliphatic rings. The zero-order chi connectivity index (χ0) is 50.6. The number of nitrogens with zero attached hydrogens (tertiary/aromatic N) is 2. The van der Waals surface area contributed by atoms with Gasteiger partial charge in [0.25, 0.3) is 11.7 Å². The maximum atomic E-state index is 14.5. The Morgan fingerprint density at radius 1 is 0.942 bits per heavy atom. The second-order valence-electron chi connectivity index (χ2n) is 20.7. The van der Waals surface area contributed by atoms with Gasteiger partial charge in [-0.15, -0.1) is 0 Å². The maximum Gasteiger partial charge on any atom is 0.329 e. The zero-order valence-corrected chi connectivity index (χ0v) is 42.3. The normalized spacial score (nSPS) is 38.7. The number of carbonyl (C=O) groups is 4. The number of esters is 1. The highest BCUT2D eigenvalue weighted by atomic mass is 16.6. The van der Waals surface area contributed by atoms with Crippen LogP contribution in [0.25, 0.3) is 0 Å². The van der Waals surface area contributed by atoms with Crippen LogP contribution in [-0.4, -0.2) is 124 Å². The van der Waals surface area contributed by atoms with Crippen LogP contribution in [0.1, 0.15) is 136 Å². The van der Waals surface area contributed by atoms with Gasteiger partial charge < -0.3 is 50.6 Å². The quantitative estimate of drug-likeness (QED) is 0.117. The van der Waals surface area contributed by atoms with Crippen LogP contribution in [0.4, 0.5) is 5.82 Å². The fourth-order valence-electron chi connectivity index (χ4n) is 11.0. The van der Waals surface area contributed by atoms with E-state index >= 15 is 0 Å². The highest BCUT2D eigenvalue weighted by Crippen LogP contribution is 2.45. The first-order chi connectivity index (χ1) is 32.8. The molecule has 3 fully saturated rings. The molecule has 0 spiro atoms. The molecule has 1 saturated carbocycles. The number of nitrogens with two attached hydrogens (primary N) is 2. The van der Waals surface area contributed by atoms with Gasteiger partial charge in [0.05, 0.1) is 18.3 Å². The zero-order valence-electron chi connectivity index (χ0n) is 42.3. The third-order valence-corrected chi connectivity index (χ3v) is 15.3. The molecule has 384 valence electrons. The third-order valence-electron chi connectivity index (χ3n) is 15.3. The number of aliphatic hydroxyl groups is 3. The lowest BCUT2D eigenvalue weighted by Gasteiger charge is -2.46. The minimum atomic E-state index is -2.48. The Morgan fingerprint density at radius 3 is 2.41 bits per heavy atom. The van der Waals surface area contributed by atoms with Crippen LogP contribution in [0.15, 0.2) is 65.9 Å². The van der Waals surface area contributed by atoms with Crippen molar-refractivity contribution >= 4 is 29.3 Å². The Hall–Kier alpha value is -4.09. The number of anilines is 1. The molecular weight excluding hydrogens is 881 g/mol. The molecule has 1 amide bonds. The molecule has 15 atom stereocenters. The summed E-state index contributed by atoms with van der Waals surface area (Å²) >= 11 is 0. The Bertz CT molecular complexity index is 2020. The number of piperidine rings is 1. The number of aliphatic hydroxyl groups excluding tert-OH is 2. The minimum absolute atomic E-state index is 0.0433. The molecule has 15 nitrogen and oxygen atoms in total. The molecule has 3 unspecified atom stereocenters. The number of cyclic esters (lactones) is 1. The lowest BCUT2D eigenvalue weighted by molar-refractivity contribution is -0.268. The summed E-state index contributed by atoms with van der Waals surface area (Å²) in [7, 11) is 3.01. The van der Waals surface area contributed by atoms with Gasteiger partial charge in [0.1, 0.15) is 30.2 Å². The van der Waals surface area contributed by atoms with E-state index in [9.17, 15) is 34.5 Å². The molecule has 15 heteroatoms. The SMILES string of the molecule is CO[C@@H]1CC(C[C@@H](C)[C@@H]2CC[C@H](N)/C=C(\C)[C@@H](O)[C@@H](OC)C(=O)[C@H](C)C[C@H](C)/C=C/C=C/C=C(\C)CC[C@H]3O[C@@](O)(C(=O)C(=O)N4CCCCC4C(=O)O2)[C@H](C)CC3c2cccnc2N)CC[C@H]1O. The van der Waals surface area contributed by atoms with Gasteiger partial charge in [0.2, 0.25) is 5.79 Å². The Kier molecular flexibility index (Phi) is 20.9. The number of carbonyl (C=O) groups excluding carboxylic acids is 4. The fraction of sp³-hybridized carbons (Fsp3) is 0.685. The second-order valence-corrected chi connectivity index (χ2v) is 20.7. The number of hydrogen-bond acceptors (Lipinski definition) is 14. The molecule has 1 aliphatic carbocycles. The summed E-state index contributed by atoms with van der Waals surface area (Å²) in [6, 6.07) is 1.99. The molecule has 2 bridgehead atoms. The van der Waals surface area contributed by atoms with Crippen LogP contribution >= 0.6 is 0 Å². The van der Waals surface area contributed by atoms with Crippen LogP contribution in [0, 0.1) is 29.6 Å². The molecule has 2 saturated heterocycles. The number of pyridine rings is 1. The largest absolute Gasteiger partial charge is 0.461 e. The van der Waals surface area contributed by atoms with Gasteiger partial charge in [-0.2, -0.15) is 0 Å². The number of ether oxygens (including phenoxy) is 4. The van der Waals surface area contributed by atoms with Crippen LogP contribution < -0.4 is 11.5 Å². The Labute approximate surface area is 410 Å². The van der Waals surface area contributed by atoms with E-state index in [1.54, 1.807) is 39.3 Å². The van der Waals surface area contributed by atoms with E-state index in [1.165, 1.54) is 12.0 Å². The Balaban J connectivity index is 1.48. The number of Topliss-reactive ketones (excluding diaryl/α,β-unsaturated/α-hetero) is 2. The smallest absolute Gasteiger partial charge is 0.329 e. The van der Waals surface area contributed by atoms with Crippen LogP contribution in [0.2, 0.25) is 0 Å². The van der Waals surface area contributed by atoms with Crippen molar-refractivity contribution in [2.75, 3.05) is 26.5 Å². The average Bonchev–Trinajstić information content (AvgIpc) is 3.32. The van der Waals surface area contributed by atoms with Gasteiger partial charge in [0.15, 0.2) is 5.78 Å². The molecule has 3 aliphatic heterocycles. The molecule has 4 heterocycles. The molecule has 5 rings (SSSR count). The number of aromatic nitrogens is 1.